The summed E-state index contributed by atoms with van der Waals surface area (Å²) in [5, 5.41) is 14.8. The van der Waals surface area contributed by atoms with Crippen molar-refractivity contribution in [2.45, 2.75) is 0 Å². The molecule has 0 aliphatic carbocycles. The first-order chi connectivity index (χ1) is 15.4. The highest BCUT2D eigenvalue weighted by molar-refractivity contribution is 14.1. The lowest BCUT2D eigenvalue weighted by Gasteiger charge is -2.28. The highest BCUT2D eigenvalue weighted by Crippen LogP contribution is 2.23. The van der Waals surface area contributed by atoms with E-state index >= 15 is 0 Å². The Morgan fingerprint density at radius 2 is 1.88 bits per heavy atom. The van der Waals surface area contributed by atoms with E-state index in [2.05, 4.69) is 15.5 Å². The topological polar surface area (TPSA) is 111 Å². The highest BCUT2D eigenvalue weighted by Gasteiger charge is 2.34. The van der Waals surface area contributed by atoms with Crippen LogP contribution in [-0.2, 0) is 14.3 Å². The van der Waals surface area contributed by atoms with Crippen LogP contribution in [0.4, 0.5) is 16.2 Å². The summed E-state index contributed by atoms with van der Waals surface area (Å²) >= 11 is 1.97. The first-order valence-corrected chi connectivity index (χ1v) is 11.0. The number of nitrogens with one attached hydrogen (secondary N) is 2. The van der Waals surface area contributed by atoms with Gasteiger partial charge in [-0.3, -0.25) is 9.59 Å². The van der Waals surface area contributed by atoms with Gasteiger partial charge in [0, 0.05) is 24.5 Å². The van der Waals surface area contributed by atoms with E-state index in [0.717, 1.165) is 23.7 Å². The predicted octanol–water partition coefficient (Wildman–Crippen LogP) is 2.36. The van der Waals surface area contributed by atoms with Gasteiger partial charge in [0.25, 0.3) is 5.91 Å². The second-order valence-electron chi connectivity index (χ2n) is 7.28. The molecule has 4 rings (SSSR count). The second-order valence-corrected chi connectivity index (χ2v) is 8.45. The van der Waals surface area contributed by atoms with Crippen LogP contribution in [0.25, 0.3) is 6.08 Å². The average Bonchev–Trinajstić information content (AvgIpc) is 3.04. The summed E-state index contributed by atoms with van der Waals surface area (Å²) in [6.45, 7) is 2.61. The van der Waals surface area contributed by atoms with Crippen LogP contribution in [0.5, 0.6) is 5.75 Å². The van der Waals surface area contributed by atoms with E-state index in [1.807, 2.05) is 34.7 Å². The fraction of sp³-hybridized carbons (Fsp3) is 0.227. The molecule has 2 saturated heterocycles. The lowest BCUT2D eigenvalue weighted by atomic mass is 10.2. The van der Waals surface area contributed by atoms with E-state index < -0.39 is 24.4 Å². The molecule has 0 radical (unpaired) electrons. The number of phenols is 1. The third kappa shape index (κ3) is 5.02. The van der Waals surface area contributed by atoms with Crippen molar-refractivity contribution in [1.82, 2.24) is 10.2 Å². The van der Waals surface area contributed by atoms with Crippen LogP contribution >= 0.6 is 22.6 Å². The molecule has 2 aliphatic heterocycles. The van der Waals surface area contributed by atoms with E-state index in [4.69, 9.17) is 4.74 Å². The zero-order valence-electron chi connectivity index (χ0n) is 17.0. The first kappa shape index (κ1) is 22.1. The smallest absolute Gasteiger partial charge is 0.329 e. The van der Waals surface area contributed by atoms with E-state index in [9.17, 15) is 19.5 Å². The van der Waals surface area contributed by atoms with E-state index in [-0.39, 0.29) is 11.4 Å². The molecule has 2 heterocycles. The summed E-state index contributed by atoms with van der Waals surface area (Å²) in [7, 11) is 0. The molecule has 2 aromatic rings. The number of hydrogen-bond donors (Lipinski definition) is 3. The van der Waals surface area contributed by atoms with E-state index in [0.29, 0.717) is 28.0 Å². The number of aromatic hydroxyl groups is 1. The largest absolute Gasteiger partial charge is 0.507 e. The van der Waals surface area contributed by atoms with Crippen molar-refractivity contribution in [2.75, 3.05) is 43.1 Å². The Hall–Kier alpha value is -3.12. The summed E-state index contributed by atoms with van der Waals surface area (Å²) in [5.74, 6) is -0.935. The maximum atomic E-state index is 12.6. The number of amides is 4. The molecule has 10 heteroatoms. The van der Waals surface area contributed by atoms with Gasteiger partial charge in [0.2, 0.25) is 5.91 Å². The van der Waals surface area contributed by atoms with Crippen molar-refractivity contribution < 1.29 is 24.2 Å². The summed E-state index contributed by atoms with van der Waals surface area (Å²) in [5.41, 5.74) is 2.33. The van der Waals surface area contributed by atoms with Crippen LogP contribution < -0.4 is 15.5 Å². The minimum absolute atomic E-state index is 0.0687. The van der Waals surface area contributed by atoms with Crippen LogP contribution in [0.2, 0.25) is 0 Å². The van der Waals surface area contributed by atoms with Crippen LogP contribution in [0.3, 0.4) is 0 Å². The molecule has 0 unspecified atom stereocenters. The Labute approximate surface area is 198 Å². The summed E-state index contributed by atoms with van der Waals surface area (Å²) in [6.07, 6.45) is 1.50. The SMILES string of the molecule is O=C(CN1C(=O)N/C(=C\c2ccc(O)c(I)c2)C1=O)Nc1ccc(N2CCOCC2)cc1. The normalized spacial score (nSPS) is 17.6. The van der Waals surface area contributed by atoms with E-state index in [1.54, 1.807) is 24.3 Å². The minimum Gasteiger partial charge on any atom is -0.507 e. The van der Waals surface area contributed by atoms with Gasteiger partial charge in [0.05, 0.1) is 16.8 Å². The highest BCUT2D eigenvalue weighted by atomic mass is 127. The molecule has 3 N–H and O–H groups in total. The summed E-state index contributed by atoms with van der Waals surface area (Å²) < 4.78 is 5.97. The Balaban J connectivity index is 1.37. The van der Waals surface area contributed by atoms with Crippen molar-refractivity contribution in [3.63, 3.8) is 0 Å². The third-order valence-corrected chi connectivity index (χ3v) is 5.94. The molecule has 2 aliphatic rings. The van der Waals surface area contributed by atoms with Crippen LogP contribution in [0, 0.1) is 3.57 Å². The molecule has 4 amide bonds. The Kier molecular flexibility index (Phi) is 6.61. The fourth-order valence-electron chi connectivity index (χ4n) is 3.42. The molecule has 2 aromatic carbocycles. The van der Waals surface area contributed by atoms with Gasteiger partial charge in [0.1, 0.15) is 18.0 Å². The molecule has 0 atom stereocenters. The number of urea groups is 1. The molecular weight excluding hydrogens is 527 g/mol. The van der Waals surface area contributed by atoms with Gasteiger partial charge in [0.15, 0.2) is 0 Å². The predicted molar refractivity (Wildman–Crippen MR) is 127 cm³/mol. The zero-order chi connectivity index (χ0) is 22.7. The molecule has 0 spiro atoms. The summed E-state index contributed by atoms with van der Waals surface area (Å²) in [6, 6.07) is 11.5. The number of imide groups is 1. The minimum atomic E-state index is -0.660. The molecular formula is C22H21IN4O5. The Morgan fingerprint density at radius 3 is 2.56 bits per heavy atom. The van der Waals surface area contributed by atoms with Crippen molar-refractivity contribution in [3.05, 3.63) is 57.3 Å². The monoisotopic (exact) mass is 548 g/mol. The Morgan fingerprint density at radius 1 is 1.16 bits per heavy atom. The zero-order valence-corrected chi connectivity index (χ0v) is 19.2. The van der Waals surface area contributed by atoms with Gasteiger partial charge in [-0.1, -0.05) is 6.07 Å². The number of rotatable bonds is 5. The number of phenolic OH excluding ortho intramolecular Hbond substituents is 1. The number of morpholine rings is 1. The molecule has 2 fully saturated rings. The lowest BCUT2D eigenvalue weighted by Crippen LogP contribution is -2.38. The van der Waals surface area contributed by atoms with Gasteiger partial charge in [-0.05, 0) is 70.6 Å². The number of carbonyl (C=O) groups excluding carboxylic acids is 3. The number of ether oxygens (including phenoxy) is 1. The number of anilines is 2. The van der Waals surface area contributed by atoms with Crippen molar-refractivity contribution in [2.24, 2.45) is 0 Å². The summed E-state index contributed by atoms with van der Waals surface area (Å²) in [4.78, 5) is 40.3. The fourth-order valence-corrected chi connectivity index (χ4v) is 3.96. The third-order valence-electron chi connectivity index (χ3n) is 5.07. The van der Waals surface area contributed by atoms with Gasteiger partial charge in [-0.25, -0.2) is 9.69 Å². The quantitative estimate of drug-likeness (QED) is 0.301. The van der Waals surface area contributed by atoms with Crippen LogP contribution in [0.1, 0.15) is 5.56 Å². The van der Waals surface area contributed by atoms with Crippen LogP contribution in [0.15, 0.2) is 48.2 Å². The van der Waals surface area contributed by atoms with Crippen molar-refractivity contribution in [3.8, 4) is 5.75 Å². The van der Waals surface area contributed by atoms with Gasteiger partial charge in [-0.15, -0.1) is 0 Å². The maximum Gasteiger partial charge on any atom is 0.329 e. The van der Waals surface area contributed by atoms with Crippen molar-refractivity contribution in [1.29, 1.82) is 0 Å². The van der Waals surface area contributed by atoms with Gasteiger partial charge < -0.3 is 25.4 Å². The van der Waals surface area contributed by atoms with Gasteiger partial charge in [-0.2, -0.15) is 0 Å². The lowest BCUT2D eigenvalue weighted by molar-refractivity contribution is -0.127. The molecule has 166 valence electrons. The second kappa shape index (κ2) is 9.57. The van der Waals surface area contributed by atoms with Crippen LogP contribution in [-0.4, -0.2) is 60.7 Å². The van der Waals surface area contributed by atoms with Crippen molar-refractivity contribution >= 4 is 57.9 Å². The standard InChI is InChI=1S/C22H21IN4O5/c23-17-11-14(1-6-19(17)28)12-18-21(30)27(22(31)25-18)13-20(29)24-15-2-4-16(5-3-15)26-7-9-32-10-8-26/h1-6,11-12,28H,7-10,13H2,(H,24,29)(H,25,31)/b18-12-. The van der Waals surface area contributed by atoms with E-state index in [1.165, 1.54) is 12.1 Å². The average molecular weight is 548 g/mol. The molecule has 32 heavy (non-hydrogen) atoms. The first-order valence-electron chi connectivity index (χ1n) is 9.96. The number of halogens is 1. The number of nitrogens with zero attached hydrogens (tertiary/aromatic N) is 2. The molecule has 9 nitrogen and oxygen atoms in total. The number of hydrogen-bond acceptors (Lipinski definition) is 6. The Bertz CT molecular complexity index is 1080. The number of benzene rings is 2. The maximum absolute atomic E-state index is 12.6. The molecule has 0 saturated carbocycles. The van der Waals surface area contributed by atoms with Gasteiger partial charge >= 0.3 is 6.03 Å². The molecule has 0 aromatic heterocycles. The molecule has 0 bridgehead atoms. The number of carbonyl (C=O) groups is 3.